The zero-order chi connectivity index (χ0) is 29.7. The second-order valence-corrected chi connectivity index (χ2v) is 9.23. The highest BCUT2D eigenvalue weighted by Crippen LogP contribution is 2.39. The number of benzene rings is 3. The van der Waals surface area contributed by atoms with Crippen molar-refractivity contribution in [1.29, 1.82) is 0 Å². The lowest BCUT2D eigenvalue weighted by Crippen LogP contribution is -2.49. The van der Waals surface area contributed by atoms with Gasteiger partial charge in [-0.1, -0.05) is 54.6 Å². The molecule has 0 aromatic heterocycles. The summed E-state index contributed by atoms with van der Waals surface area (Å²) in [4.78, 5) is 24.7. The Morgan fingerprint density at radius 2 is 1.39 bits per heavy atom. The van der Waals surface area contributed by atoms with Crippen LogP contribution in [-0.2, 0) is 21.4 Å². The lowest BCUT2D eigenvalue weighted by Gasteiger charge is -2.36. The Kier molecular flexibility index (Phi) is 8.64. The van der Waals surface area contributed by atoms with Crippen LogP contribution in [0.25, 0.3) is 0 Å². The first-order valence-electron chi connectivity index (χ1n) is 12.3. The van der Waals surface area contributed by atoms with Crippen LogP contribution in [0.5, 0.6) is 11.5 Å². The van der Waals surface area contributed by atoms with E-state index in [0.29, 0.717) is 5.56 Å². The van der Waals surface area contributed by atoms with Crippen LogP contribution in [0.1, 0.15) is 23.1 Å². The molecule has 1 aliphatic rings. The number of rotatable bonds is 9. The van der Waals surface area contributed by atoms with Gasteiger partial charge in [-0.25, -0.2) is 9.59 Å². The van der Waals surface area contributed by atoms with Gasteiger partial charge in [-0.2, -0.15) is 0 Å². The molecule has 0 spiro atoms. The van der Waals surface area contributed by atoms with E-state index in [1.807, 2.05) is 0 Å². The second kappa shape index (κ2) is 12.0. The maximum Gasteiger partial charge on any atom is 0.573 e. The Hall–Kier alpha value is -4.42. The molecular formula is C28H24F6N2O5. The number of hydrogen-bond acceptors (Lipinski definition) is 5. The monoisotopic (exact) mass is 582 g/mol. The van der Waals surface area contributed by atoms with E-state index < -0.39 is 47.7 Å². The van der Waals surface area contributed by atoms with Gasteiger partial charge in [-0.3, -0.25) is 0 Å². The third kappa shape index (κ3) is 8.05. The number of alkyl halides is 6. The first-order chi connectivity index (χ1) is 19.3. The Morgan fingerprint density at radius 1 is 0.829 bits per heavy atom. The highest BCUT2D eigenvalue weighted by molar-refractivity contribution is 5.84. The molecule has 1 atom stereocenters. The summed E-state index contributed by atoms with van der Waals surface area (Å²) in [5.41, 5.74) is -0.371. The third-order valence-corrected chi connectivity index (χ3v) is 6.38. The molecule has 0 unspecified atom stereocenters. The number of carbonyl (C=O) groups is 2. The van der Waals surface area contributed by atoms with Gasteiger partial charge in [0.15, 0.2) is 0 Å². The lowest BCUT2D eigenvalue weighted by molar-refractivity contribution is -0.275. The lowest BCUT2D eigenvalue weighted by atomic mass is 9.70. The van der Waals surface area contributed by atoms with Crippen molar-refractivity contribution in [2.75, 3.05) is 13.2 Å². The predicted octanol–water partition coefficient (Wildman–Crippen LogP) is 5.63. The minimum absolute atomic E-state index is 0.0323. The molecule has 13 heteroatoms. The fraction of sp³-hybridized carbons (Fsp3) is 0.286. The Morgan fingerprint density at radius 3 is 1.88 bits per heavy atom. The van der Waals surface area contributed by atoms with E-state index in [1.54, 1.807) is 30.3 Å². The molecule has 2 N–H and O–H groups in total. The van der Waals surface area contributed by atoms with Gasteiger partial charge in [0.25, 0.3) is 0 Å². The zero-order valence-electron chi connectivity index (χ0n) is 21.2. The number of cyclic esters (lactones) is 1. The molecule has 0 aliphatic carbocycles. The molecule has 7 nitrogen and oxygen atoms in total. The minimum Gasteiger partial charge on any atom is -0.464 e. The van der Waals surface area contributed by atoms with Crippen molar-refractivity contribution in [3.05, 3.63) is 95.6 Å². The van der Waals surface area contributed by atoms with Crippen LogP contribution in [0.3, 0.4) is 0 Å². The molecule has 218 valence electrons. The standard InChI is InChI=1S/C28H24F6N2O5/c29-27(30,31)40-21-10-4-8-19(14-21)26(16-18-6-2-1-3-7-18,17-35-25(38)36-23-12-13-39-24(23)37)20-9-5-11-22(15-20)41-28(32,33)34/h1-11,14-15,23H,12-13,16-17H2,(H2,35,36,38)/t23-/m1/s1. The Bertz CT molecular complexity index is 1300. The number of urea groups is 1. The molecule has 1 aliphatic heterocycles. The smallest absolute Gasteiger partial charge is 0.464 e. The van der Waals surface area contributed by atoms with E-state index in [2.05, 4.69) is 20.1 Å². The molecule has 0 saturated carbocycles. The number of carbonyl (C=O) groups excluding carboxylic acids is 2. The van der Waals surface area contributed by atoms with E-state index in [1.165, 1.54) is 24.3 Å². The van der Waals surface area contributed by atoms with Gasteiger partial charge < -0.3 is 24.8 Å². The summed E-state index contributed by atoms with van der Waals surface area (Å²) in [5, 5.41) is 5.12. The van der Waals surface area contributed by atoms with Crippen molar-refractivity contribution in [2.24, 2.45) is 0 Å². The molecule has 1 saturated heterocycles. The Balaban J connectivity index is 1.81. The number of esters is 1. The summed E-state index contributed by atoms with van der Waals surface area (Å²) >= 11 is 0. The molecule has 4 rings (SSSR count). The van der Waals surface area contributed by atoms with Gasteiger partial charge in [0.1, 0.15) is 17.5 Å². The maximum absolute atomic E-state index is 13.1. The van der Waals surface area contributed by atoms with E-state index in [4.69, 9.17) is 4.74 Å². The summed E-state index contributed by atoms with van der Waals surface area (Å²) in [6.07, 6.45) is -9.73. The molecular weight excluding hydrogens is 558 g/mol. The molecule has 3 aromatic rings. The van der Waals surface area contributed by atoms with E-state index in [9.17, 15) is 35.9 Å². The summed E-state index contributed by atoms with van der Waals surface area (Å²) in [7, 11) is 0. The molecule has 0 bridgehead atoms. The zero-order valence-corrected chi connectivity index (χ0v) is 21.2. The van der Waals surface area contributed by atoms with Gasteiger partial charge in [0, 0.05) is 18.4 Å². The molecule has 0 radical (unpaired) electrons. The highest BCUT2D eigenvalue weighted by Gasteiger charge is 2.39. The maximum atomic E-state index is 13.1. The molecule has 2 amide bonds. The van der Waals surface area contributed by atoms with Crippen LogP contribution in [-0.4, -0.2) is 43.9 Å². The number of hydrogen-bond donors (Lipinski definition) is 2. The second-order valence-electron chi connectivity index (χ2n) is 9.23. The summed E-state index contributed by atoms with van der Waals surface area (Å²) < 4.78 is 91.6. The fourth-order valence-corrected chi connectivity index (χ4v) is 4.63. The quantitative estimate of drug-likeness (QED) is 0.253. The largest absolute Gasteiger partial charge is 0.573 e. The SMILES string of the molecule is O=C(NCC(Cc1ccccc1)(c1cccc(OC(F)(F)F)c1)c1cccc(OC(F)(F)F)c1)N[C@@H]1CCOC1=O. The number of halogens is 6. The van der Waals surface area contributed by atoms with Gasteiger partial charge in [0.2, 0.25) is 0 Å². The van der Waals surface area contributed by atoms with Crippen molar-refractivity contribution < 1.29 is 50.1 Å². The van der Waals surface area contributed by atoms with Gasteiger partial charge in [-0.05, 0) is 47.4 Å². The normalized spacial score (nSPS) is 15.7. The summed E-state index contributed by atoms with van der Waals surface area (Å²) in [5.74, 6) is -1.74. The molecule has 1 fully saturated rings. The van der Waals surface area contributed by atoms with Crippen LogP contribution in [0.15, 0.2) is 78.9 Å². The predicted molar refractivity (Wildman–Crippen MR) is 133 cm³/mol. The van der Waals surface area contributed by atoms with Crippen molar-refractivity contribution in [3.63, 3.8) is 0 Å². The van der Waals surface area contributed by atoms with Crippen LogP contribution in [0.2, 0.25) is 0 Å². The number of ether oxygens (including phenoxy) is 3. The first kappa shape index (κ1) is 29.6. The van der Waals surface area contributed by atoms with E-state index >= 15 is 0 Å². The Labute approximate surface area is 230 Å². The van der Waals surface area contributed by atoms with E-state index in [0.717, 1.165) is 24.3 Å². The summed E-state index contributed by atoms with van der Waals surface area (Å²) in [6, 6.07) is 16.9. The van der Waals surface area contributed by atoms with Crippen molar-refractivity contribution in [3.8, 4) is 11.5 Å². The third-order valence-electron chi connectivity index (χ3n) is 6.38. The van der Waals surface area contributed by atoms with Crippen LogP contribution in [0.4, 0.5) is 31.1 Å². The molecule has 3 aromatic carbocycles. The fourth-order valence-electron chi connectivity index (χ4n) is 4.63. The first-order valence-corrected chi connectivity index (χ1v) is 12.3. The van der Waals surface area contributed by atoms with Crippen LogP contribution >= 0.6 is 0 Å². The van der Waals surface area contributed by atoms with Gasteiger partial charge in [-0.15, -0.1) is 26.3 Å². The molecule has 41 heavy (non-hydrogen) atoms. The summed E-state index contributed by atoms with van der Waals surface area (Å²) in [6.45, 7) is -0.180. The van der Waals surface area contributed by atoms with Crippen molar-refractivity contribution in [1.82, 2.24) is 10.6 Å². The van der Waals surface area contributed by atoms with Crippen molar-refractivity contribution >= 4 is 12.0 Å². The van der Waals surface area contributed by atoms with Crippen LogP contribution in [0, 0.1) is 0 Å². The topological polar surface area (TPSA) is 85.9 Å². The highest BCUT2D eigenvalue weighted by atomic mass is 19.4. The van der Waals surface area contributed by atoms with E-state index in [-0.39, 0.29) is 37.1 Å². The minimum atomic E-state index is -5.00. The average molecular weight is 582 g/mol. The molecule has 1 heterocycles. The van der Waals surface area contributed by atoms with Crippen LogP contribution < -0.4 is 20.1 Å². The van der Waals surface area contributed by atoms with Crippen molar-refractivity contribution in [2.45, 2.75) is 37.0 Å². The number of amides is 2. The number of nitrogens with one attached hydrogen (secondary N) is 2. The van der Waals surface area contributed by atoms with Gasteiger partial charge in [0.05, 0.1) is 6.61 Å². The average Bonchev–Trinajstić information content (AvgIpc) is 3.29. The van der Waals surface area contributed by atoms with Gasteiger partial charge >= 0.3 is 24.7 Å².